The predicted molar refractivity (Wildman–Crippen MR) is 109 cm³/mol. The Morgan fingerprint density at radius 3 is 2.96 bits per heavy atom. The number of hydrogen-bond donors (Lipinski definition) is 1. The van der Waals surface area contributed by atoms with Gasteiger partial charge in [-0.3, -0.25) is 9.36 Å². The maximum atomic E-state index is 12.3. The van der Waals surface area contributed by atoms with Gasteiger partial charge in [-0.2, -0.15) is 0 Å². The largest absolute Gasteiger partial charge is 0.309 e. The highest BCUT2D eigenvalue weighted by Crippen LogP contribution is 2.42. The fraction of sp³-hybridized carbons (Fsp3) is 0.222. The number of rotatable bonds is 5. The van der Waals surface area contributed by atoms with Crippen LogP contribution in [0.4, 0.5) is 0 Å². The molecule has 3 aromatic heterocycles. The standard InChI is InChI=1S/C18H14ClN5OS2/c19-10-3-6-12-13(8-10)20-15(21-17(12)25)9-27-18-23-22-16(14-2-1-7-26-14)24(18)11-4-5-11/h1-3,6-8,11H,4-5,9H2,(H,20,21,25). The molecule has 6 nitrogen and oxygen atoms in total. The molecule has 0 aliphatic heterocycles. The van der Waals surface area contributed by atoms with E-state index in [2.05, 4.69) is 30.8 Å². The molecule has 1 aromatic carbocycles. The molecule has 0 amide bonds. The van der Waals surface area contributed by atoms with Gasteiger partial charge in [-0.05, 0) is 42.5 Å². The van der Waals surface area contributed by atoms with Crippen LogP contribution in [0.2, 0.25) is 5.02 Å². The first-order valence-electron chi connectivity index (χ1n) is 8.49. The van der Waals surface area contributed by atoms with E-state index < -0.39 is 0 Å². The van der Waals surface area contributed by atoms with Crippen LogP contribution in [0.1, 0.15) is 24.7 Å². The number of benzene rings is 1. The van der Waals surface area contributed by atoms with Gasteiger partial charge in [-0.15, -0.1) is 21.5 Å². The summed E-state index contributed by atoms with van der Waals surface area (Å²) in [5.41, 5.74) is 0.444. The highest BCUT2D eigenvalue weighted by atomic mass is 35.5. The van der Waals surface area contributed by atoms with Crippen LogP contribution in [0, 0.1) is 0 Å². The van der Waals surface area contributed by atoms with E-state index in [4.69, 9.17) is 11.6 Å². The van der Waals surface area contributed by atoms with Crippen LogP contribution in [-0.2, 0) is 5.75 Å². The number of fused-ring (bicyclic) bond motifs is 1. The summed E-state index contributed by atoms with van der Waals surface area (Å²) in [5.74, 6) is 2.03. The zero-order valence-electron chi connectivity index (χ0n) is 14.1. The number of halogens is 1. The van der Waals surface area contributed by atoms with Crippen molar-refractivity contribution in [3.63, 3.8) is 0 Å². The minimum Gasteiger partial charge on any atom is -0.309 e. The molecule has 0 spiro atoms. The number of aromatic amines is 1. The van der Waals surface area contributed by atoms with Crippen LogP contribution in [0.5, 0.6) is 0 Å². The van der Waals surface area contributed by atoms with Crippen LogP contribution in [-0.4, -0.2) is 24.7 Å². The summed E-state index contributed by atoms with van der Waals surface area (Å²) in [5, 5.41) is 12.8. The summed E-state index contributed by atoms with van der Waals surface area (Å²) in [6.07, 6.45) is 2.29. The Morgan fingerprint density at radius 1 is 1.30 bits per heavy atom. The number of nitrogens with one attached hydrogen (secondary N) is 1. The minimum atomic E-state index is -0.157. The fourth-order valence-electron chi connectivity index (χ4n) is 2.97. The van der Waals surface area contributed by atoms with E-state index in [0.29, 0.717) is 33.5 Å². The maximum Gasteiger partial charge on any atom is 0.258 e. The smallest absolute Gasteiger partial charge is 0.258 e. The molecule has 136 valence electrons. The van der Waals surface area contributed by atoms with E-state index in [1.54, 1.807) is 29.5 Å². The fourth-order valence-corrected chi connectivity index (χ4v) is 4.72. The molecular formula is C18H14ClN5OS2. The monoisotopic (exact) mass is 415 g/mol. The molecule has 1 aliphatic carbocycles. The summed E-state index contributed by atoms with van der Waals surface area (Å²) in [6.45, 7) is 0. The second-order valence-electron chi connectivity index (χ2n) is 6.35. The van der Waals surface area contributed by atoms with Gasteiger partial charge in [-0.1, -0.05) is 29.4 Å². The molecule has 4 aromatic rings. The normalized spacial score (nSPS) is 14.1. The van der Waals surface area contributed by atoms with Crippen LogP contribution < -0.4 is 5.56 Å². The average molecular weight is 416 g/mol. The lowest BCUT2D eigenvalue weighted by Gasteiger charge is -2.08. The molecule has 1 aliphatic rings. The Hall–Kier alpha value is -2.16. The van der Waals surface area contributed by atoms with Crippen molar-refractivity contribution in [2.45, 2.75) is 29.8 Å². The number of thioether (sulfide) groups is 1. The highest BCUT2D eigenvalue weighted by molar-refractivity contribution is 7.98. The van der Waals surface area contributed by atoms with Crippen molar-refractivity contribution in [3.8, 4) is 10.7 Å². The summed E-state index contributed by atoms with van der Waals surface area (Å²) in [6, 6.07) is 9.64. The molecule has 9 heteroatoms. The van der Waals surface area contributed by atoms with E-state index in [-0.39, 0.29) is 5.56 Å². The van der Waals surface area contributed by atoms with Gasteiger partial charge >= 0.3 is 0 Å². The molecule has 1 N–H and O–H groups in total. The Balaban J connectivity index is 1.45. The van der Waals surface area contributed by atoms with Gasteiger partial charge in [0.05, 0.1) is 21.5 Å². The molecule has 0 bridgehead atoms. The Bertz CT molecular complexity index is 1180. The lowest BCUT2D eigenvalue weighted by atomic mass is 10.2. The zero-order valence-corrected chi connectivity index (χ0v) is 16.4. The van der Waals surface area contributed by atoms with Crippen molar-refractivity contribution in [1.82, 2.24) is 24.7 Å². The lowest BCUT2D eigenvalue weighted by Crippen LogP contribution is -2.11. The van der Waals surface area contributed by atoms with Crippen LogP contribution in [0.3, 0.4) is 0 Å². The van der Waals surface area contributed by atoms with E-state index in [0.717, 1.165) is 28.7 Å². The van der Waals surface area contributed by atoms with Gasteiger partial charge in [-0.25, -0.2) is 4.98 Å². The molecule has 0 unspecified atom stereocenters. The molecule has 27 heavy (non-hydrogen) atoms. The quantitative estimate of drug-likeness (QED) is 0.485. The molecule has 0 atom stereocenters. The van der Waals surface area contributed by atoms with Crippen molar-refractivity contribution < 1.29 is 0 Å². The summed E-state index contributed by atoms with van der Waals surface area (Å²) < 4.78 is 2.21. The van der Waals surface area contributed by atoms with Crippen molar-refractivity contribution >= 4 is 45.6 Å². The Morgan fingerprint density at radius 2 is 2.19 bits per heavy atom. The lowest BCUT2D eigenvalue weighted by molar-refractivity contribution is 0.669. The van der Waals surface area contributed by atoms with Gasteiger partial charge in [0.2, 0.25) is 0 Å². The van der Waals surface area contributed by atoms with Gasteiger partial charge in [0.1, 0.15) is 5.82 Å². The first kappa shape index (κ1) is 17.0. The zero-order chi connectivity index (χ0) is 18.4. The number of H-pyrrole nitrogens is 1. The molecule has 1 saturated carbocycles. The number of hydrogen-bond acceptors (Lipinski definition) is 6. The van der Waals surface area contributed by atoms with E-state index in [1.165, 1.54) is 11.8 Å². The van der Waals surface area contributed by atoms with Crippen LogP contribution in [0.15, 0.2) is 45.7 Å². The molecular weight excluding hydrogens is 402 g/mol. The van der Waals surface area contributed by atoms with Gasteiger partial charge in [0.25, 0.3) is 5.56 Å². The first-order valence-corrected chi connectivity index (χ1v) is 10.7. The molecule has 1 fully saturated rings. The van der Waals surface area contributed by atoms with Crippen LogP contribution in [0.25, 0.3) is 21.6 Å². The number of aromatic nitrogens is 5. The Kier molecular flexibility index (Phi) is 4.26. The van der Waals surface area contributed by atoms with Crippen molar-refractivity contribution in [2.75, 3.05) is 0 Å². The maximum absolute atomic E-state index is 12.3. The van der Waals surface area contributed by atoms with Gasteiger partial charge in [0.15, 0.2) is 11.0 Å². The molecule has 0 saturated heterocycles. The first-order chi connectivity index (χ1) is 13.2. The number of nitrogens with zero attached hydrogens (tertiary/aromatic N) is 4. The van der Waals surface area contributed by atoms with E-state index in [1.807, 2.05) is 11.4 Å². The Labute approximate surface area is 167 Å². The van der Waals surface area contributed by atoms with Gasteiger partial charge in [0, 0.05) is 11.1 Å². The molecule has 0 radical (unpaired) electrons. The van der Waals surface area contributed by atoms with E-state index >= 15 is 0 Å². The van der Waals surface area contributed by atoms with Gasteiger partial charge < -0.3 is 4.98 Å². The SMILES string of the molecule is O=c1[nH]c(CSc2nnc(-c3cccs3)n2C2CC2)nc2cc(Cl)ccc12. The third kappa shape index (κ3) is 3.28. The van der Waals surface area contributed by atoms with Crippen molar-refractivity contribution in [2.24, 2.45) is 0 Å². The highest BCUT2D eigenvalue weighted by Gasteiger charge is 2.30. The summed E-state index contributed by atoms with van der Waals surface area (Å²) in [7, 11) is 0. The molecule has 5 rings (SSSR count). The van der Waals surface area contributed by atoms with Crippen molar-refractivity contribution in [1.29, 1.82) is 0 Å². The minimum absolute atomic E-state index is 0.157. The summed E-state index contributed by atoms with van der Waals surface area (Å²) >= 11 is 9.23. The second-order valence-corrected chi connectivity index (χ2v) is 8.67. The average Bonchev–Trinajstić information content (AvgIpc) is 3.17. The third-order valence-electron chi connectivity index (χ3n) is 4.37. The second kappa shape index (κ2) is 6.78. The topological polar surface area (TPSA) is 76.5 Å². The van der Waals surface area contributed by atoms with Crippen molar-refractivity contribution in [3.05, 3.63) is 56.9 Å². The number of thiophene rings is 1. The predicted octanol–water partition coefficient (Wildman–Crippen LogP) is 4.52. The van der Waals surface area contributed by atoms with E-state index in [9.17, 15) is 4.79 Å². The summed E-state index contributed by atoms with van der Waals surface area (Å²) in [4.78, 5) is 20.8. The third-order valence-corrected chi connectivity index (χ3v) is 6.43. The molecule has 3 heterocycles. The van der Waals surface area contributed by atoms with Crippen LogP contribution >= 0.6 is 34.7 Å².